The van der Waals surface area contributed by atoms with Crippen LogP contribution in [0.25, 0.3) is 0 Å². The van der Waals surface area contributed by atoms with E-state index in [-0.39, 0.29) is 25.0 Å². The van der Waals surface area contributed by atoms with Crippen molar-refractivity contribution in [3.05, 3.63) is 35.9 Å². The molecule has 33 heavy (non-hydrogen) atoms. The van der Waals surface area contributed by atoms with E-state index in [4.69, 9.17) is 10.8 Å². The van der Waals surface area contributed by atoms with Crippen molar-refractivity contribution < 1.29 is 39.3 Å². The monoisotopic (exact) mass is 484 g/mol. The number of benzene rings is 1. The minimum atomic E-state index is -1.47. The van der Waals surface area contributed by atoms with Gasteiger partial charge in [-0.15, -0.1) is 0 Å². The first kappa shape index (κ1) is 27.9. The fourth-order valence-corrected chi connectivity index (χ4v) is 2.93. The molecule has 1 rings (SSSR count). The lowest BCUT2D eigenvalue weighted by molar-refractivity contribution is -0.142. The van der Waals surface area contributed by atoms with Crippen molar-refractivity contribution in [2.24, 2.45) is 5.73 Å². The average molecular weight is 485 g/mol. The Morgan fingerprint density at radius 2 is 1.42 bits per heavy atom. The van der Waals surface area contributed by atoms with Gasteiger partial charge in [-0.25, -0.2) is 4.79 Å². The van der Waals surface area contributed by atoms with Gasteiger partial charge >= 0.3 is 11.9 Å². The summed E-state index contributed by atoms with van der Waals surface area (Å²) in [6.45, 7) is -0.824. The molecule has 0 radical (unpaired) electrons. The molecule has 4 unspecified atom stereocenters. The molecule has 13 heteroatoms. The van der Waals surface area contributed by atoms with Gasteiger partial charge < -0.3 is 37.0 Å². The van der Waals surface area contributed by atoms with Gasteiger partial charge in [0.15, 0.2) is 0 Å². The standard InChI is InChI=1S/C20H28N4O8S/c21-12(6-7-16(26)27)17(28)23-14(9-25)18(29)24-15(10-33)19(30)22-13(20(31)32)8-11-4-2-1-3-5-11/h1-5,12-15,25,33H,6-10,21H2,(H,22,30)(H,23,28)(H,24,29)(H,26,27)(H,31,32). The lowest BCUT2D eigenvalue weighted by Crippen LogP contribution is -2.58. The first-order valence-electron chi connectivity index (χ1n) is 9.96. The topological polar surface area (TPSA) is 208 Å². The summed E-state index contributed by atoms with van der Waals surface area (Å²) in [7, 11) is 0. The number of hydrogen-bond donors (Lipinski definition) is 8. The van der Waals surface area contributed by atoms with Crippen LogP contribution in [0.15, 0.2) is 30.3 Å². The van der Waals surface area contributed by atoms with Crippen LogP contribution in [-0.4, -0.2) is 81.5 Å². The van der Waals surface area contributed by atoms with E-state index in [9.17, 15) is 34.2 Å². The van der Waals surface area contributed by atoms with Gasteiger partial charge in [-0.05, 0) is 12.0 Å². The van der Waals surface area contributed by atoms with E-state index >= 15 is 0 Å². The minimum Gasteiger partial charge on any atom is -0.481 e. The van der Waals surface area contributed by atoms with E-state index in [1.807, 2.05) is 0 Å². The molecule has 0 heterocycles. The smallest absolute Gasteiger partial charge is 0.326 e. The maximum atomic E-state index is 12.5. The summed E-state index contributed by atoms with van der Waals surface area (Å²) >= 11 is 4.00. The number of carboxylic acids is 2. The van der Waals surface area contributed by atoms with Crippen molar-refractivity contribution in [3.63, 3.8) is 0 Å². The molecule has 4 atom stereocenters. The van der Waals surface area contributed by atoms with Crippen molar-refractivity contribution >= 4 is 42.3 Å². The summed E-state index contributed by atoms with van der Waals surface area (Å²) in [5.41, 5.74) is 6.25. The number of carboxylic acid groups (broad SMARTS) is 2. The number of aliphatic carboxylic acids is 2. The largest absolute Gasteiger partial charge is 0.481 e. The molecular formula is C20H28N4O8S. The van der Waals surface area contributed by atoms with E-state index in [2.05, 4.69) is 28.6 Å². The van der Waals surface area contributed by atoms with Gasteiger partial charge in [0, 0.05) is 18.6 Å². The highest BCUT2D eigenvalue weighted by molar-refractivity contribution is 7.80. The van der Waals surface area contributed by atoms with Gasteiger partial charge in [-0.1, -0.05) is 30.3 Å². The van der Waals surface area contributed by atoms with Crippen molar-refractivity contribution in [1.29, 1.82) is 0 Å². The van der Waals surface area contributed by atoms with Crippen molar-refractivity contribution in [1.82, 2.24) is 16.0 Å². The second kappa shape index (κ2) is 14.1. The number of nitrogens with two attached hydrogens (primary N) is 1. The van der Waals surface area contributed by atoms with Crippen LogP contribution < -0.4 is 21.7 Å². The summed E-state index contributed by atoms with van der Waals surface area (Å²) in [6, 6.07) is 3.41. The fraction of sp³-hybridized carbons (Fsp3) is 0.450. The zero-order chi connectivity index (χ0) is 25.0. The number of rotatable bonds is 14. The molecule has 3 amide bonds. The van der Waals surface area contributed by atoms with Gasteiger partial charge in [-0.2, -0.15) is 12.6 Å². The molecule has 0 fully saturated rings. The average Bonchev–Trinajstić information content (AvgIpc) is 2.78. The number of nitrogens with one attached hydrogen (secondary N) is 3. The number of amides is 3. The van der Waals surface area contributed by atoms with Gasteiger partial charge in [-0.3, -0.25) is 19.2 Å². The molecule has 0 aliphatic heterocycles. The van der Waals surface area contributed by atoms with Crippen molar-refractivity contribution in [2.45, 2.75) is 43.4 Å². The Kier molecular flexibility index (Phi) is 11.9. The van der Waals surface area contributed by atoms with Gasteiger partial charge in [0.2, 0.25) is 17.7 Å². The summed E-state index contributed by atoms with van der Waals surface area (Å²) in [5.74, 6) is -5.22. The van der Waals surface area contributed by atoms with Gasteiger partial charge in [0.25, 0.3) is 0 Å². The van der Waals surface area contributed by atoms with E-state index in [0.717, 1.165) is 0 Å². The molecule has 0 spiro atoms. The molecule has 0 saturated carbocycles. The minimum absolute atomic E-state index is 0.0126. The zero-order valence-corrected chi connectivity index (χ0v) is 18.5. The lowest BCUT2D eigenvalue weighted by Gasteiger charge is -2.23. The second-order valence-corrected chi connectivity index (χ2v) is 7.48. The quantitative estimate of drug-likeness (QED) is 0.136. The Bertz CT molecular complexity index is 839. The third-order valence-electron chi connectivity index (χ3n) is 4.53. The summed E-state index contributed by atoms with van der Waals surface area (Å²) in [5, 5.41) is 34.3. The Labute approximate surface area is 195 Å². The maximum absolute atomic E-state index is 12.5. The molecule has 1 aromatic rings. The van der Waals surface area contributed by atoms with Gasteiger partial charge in [0.05, 0.1) is 12.6 Å². The van der Waals surface area contributed by atoms with E-state index < -0.39 is 60.4 Å². The molecule has 0 aliphatic carbocycles. The summed E-state index contributed by atoms with van der Waals surface area (Å²) < 4.78 is 0. The number of carbonyl (C=O) groups is 5. The third kappa shape index (κ3) is 9.89. The van der Waals surface area contributed by atoms with E-state index in [1.165, 1.54) is 0 Å². The second-order valence-electron chi connectivity index (χ2n) is 7.12. The Hall–Kier alpha value is -3.16. The molecule has 0 aliphatic rings. The number of aliphatic hydroxyl groups excluding tert-OH is 1. The molecule has 0 aromatic heterocycles. The molecule has 8 N–H and O–H groups in total. The maximum Gasteiger partial charge on any atom is 0.326 e. The summed E-state index contributed by atoms with van der Waals surface area (Å²) in [4.78, 5) is 59.1. The van der Waals surface area contributed by atoms with Gasteiger partial charge in [0.1, 0.15) is 18.1 Å². The highest BCUT2D eigenvalue weighted by Crippen LogP contribution is 2.04. The molecule has 1 aromatic carbocycles. The van der Waals surface area contributed by atoms with Crippen LogP contribution in [0.3, 0.4) is 0 Å². The Morgan fingerprint density at radius 3 is 1.94 bits per heavy atom. The fourth-order valence-electron chi connectivity index (χ4n) is 2.67. The highest BCUT2D eigenvalue weighted by atomic mass is 32.1. The SMILES string of the molecule is NC(CCC(=O)O)C(=O)NC(CO)C(=O)NC(CS)C(=O)NC(Cc1ccccc1)C(=O)O. The van der Waals surface area contributed by atoms with Crippen LogP contribution in [0.1, 0.15) is 18.4 Å². The first-order chi connectivity index (χ1) is 15.6. The number of carbonyl (C=O) groups excluding carboxylic acids is 3. The molecule has 12 nitrogen and oxygen atoms in total. The Balaban J connectivity index is 2.73. The summed E-state index contributed by atoms with van der Waals surface area (Å²) in [6.07, 6.45) is -0.528. The van der Waals surface area contributed by atoms with Crippen LogP contribution in [0.5, 0.6) is 0 Å². The van der Waals surface area contributed by atoms with Crippen LogP contribution in [0.4, 0.5) is 0 Å². The van der Waals surface area contributed by atoms with Crippen molar-refractivity contribution in [3.8, 4) is 0 Å². The predicted octanol–water partition coefficient (Wildman–Crippen LogP) is -2.12. The third-order valence-corrected chi connectivity index (χ3v) is 4.90. The van der Waals surface area contributed by atoms with Crippen LogP contribution in [0.2, 0.25) is 0 Å². The lowest BCUT2D eigenvalue weighted by atomic mass is 10.1. The molecule has 182 valence electrons. The van der Waals surface area contributed by atoms with E-state index in [1.54, 1.807) is 30.3 Å². The van der Waals surface area contributed by atoms with Crippen molar-refractivity contribution in [2.75, 3.05) is 12.4 Å². The van der Waals surface area contributed by atoms with Crippen LogP contribution in [-0.2, 0) is 30.4 Å². The van der Waals surface area contributed by atoms with Crippen LogP contribution >= 0.6 is 12.6 Å². The molecule has 0 bridgehead atoms. The van der Waals surface area contributed by atoms with Crippen LogP contribution in [0, 0.1) is 0 Å². The Morgan fingerprint density at radius 1 is 0.879 bits per heavy atom. The zero-order valence-electron chi connectivity index (χ0n) is 17.6. The molecule has 0 saturated heterocycles. The number of thiol groups is 1. The number of aliphatic hydroxyl groups is 1. The normalized spacial score (nSPS) is 14.3. The number of hydrogen-bond acceptors (Lipinski definition) is 8. The molecular weight excluding hydrogens is 456 g/mol. The predicted molar refractivity (Wildman–Crippen MR) is 119 cm³/mol. The highest BCUT2D eigenvalue weighted by Gasteiger charge is 2.29. The first-order valence-corrected chi connectivity index (χ1v) is 10.6. The van der Waals surface area contributed by atoms with E-state index in [0.29, 0.717) is 5.56 Å².